The minimum atomic E-state index is -5.08. The lowest BCUT2D eigenvalue weighted by molar-refractivity contribution is -0.192. The number of Topliss-reactive ketones (excluding diaryl/α,β-unsaturated/α-hetero) is 2. The van der Waals surface area contributed by atoms with Crippen molar-refractivity contribution in [1.29, 1.82) is 0 Å². The summed E-state index contributed by atoms with van der Waals surface area (Å²) < 4.78 is 63.4. The molecule has 17 heteroatoms. The molecule has 0 heterocycles. The van der Waals surface area contributed by atoms with Crippen LogP contribution in [0.15, 0.2) is 0 Å². The van der Waals surface area contributed by atoms with Crippen LogP contribution in [-0.2, 0) is 42.8 Å². The summed E-state index contributed by atoms with van der Waals surface area (Å²) in [7, 11) is 0. The average molecular weight is 825 g/mol. The number of nitrogens with one attached hydrogen (secondary N) is 2. The minimum Gasteiger partial charge on any atom is -0.475 e. The maximum absolute atomic E-state index is 11.6. The highest BCUT2D eigenvalue weighted by atomic mass is 19.4. The van der Waals surface area contributed by atoms with E-state index >= 15 is 0 Å². The van der Waals surface area contributed by atoms with Crippen molar-refractivity contribution in [2.45, 2.75) is 136 Å². The van der Waals surface area contributed by atoms with Crippen molar-refractivity contribution in [3.05, 3.63) is 0 Å². The molecule has 3 N–H and O–H groups in total. The molecular formula is C40H67F3N2O12. The van der Waals surface area contributed by atoms with E-state index in [2.05, 4.69) is 22.5 Å². The SMILES string of the molecule is C#CCCCCC(=O)CCCOCCOCCNC(=O)OC(C)(C)C.C#CCCCCC(=O)CCCOCCOCCNC(=O)OC(C)(C)C.O=C(O)C(F)(F)F. The molecule has 0 aromatic rings. The fourth-order valence-corrected chi connectivity index (χ4v) is 3.81. The van der Waals surface area contributed by atoms with Gasteiger partial charge in [0, 0.05) is 64.8 Å². The number of alkyl carbamates (subject to hydrolysis) is 2. The number of carbonyl (C=O) groups is 5. The number of aliphatic carboxylic acids is 1. The molecule has 330 valence electrons. The Morgan fingerprint density at radius 1 is 0.526 bits per heavy atom. The number of carboxylic acid groups (broad SMARTS) is 1. The molecular weight excluding hydrogens is 757 g/mol. The van der Waals surface area contributed by atoms with Crippen molar-refractivity contribution < 1.29 is 70.7 Å². The van der Waals surface area contributed by atoms with E-state index in [9.17, 15) is 32.3 Å². The monoisotopic (exact) mass is 824 g/mol. The van der Waals surface area contributed by atoms with Crippen molar-refractivity contribution in [1.82, 2.24) is 10.6 Å². The van der Waals surface area contributed by atoms with Crippen LogP contribution < -0.4 is 10.6 Å². The van der Waals surface area contributed by atoms with Crippen LogP contribution in [0.3, 0.4) is 0 Å². The molecule has 0 aliphatic carbocycles. The Balaban J connectivity index is -0.000000875. The molecule has 0 atom stereocenters. The molecule has 0 fully saturated rings. The van der Waals surface area contributed by atoms with Crippen molar-refractivity contribution >= 4 is 29.7 Å². The van der Waals surface area contributed by atoms with Gasteiger partial charge in [0.1, 0.15) is 22.8 Å². The number of unbranched alkanes of at least 4 members (excludes halogenated alkanes) is 4. The van der Waals surface area contributed by atoms with Gasteiger partial charge in [0.05, 0.1) is 39.6 Å². The number of amides is 2. The van der Waals surface area contributed by atoms with Crippen LogP contribution in [0, 0.1) is 24.7 Å². The van der Waals surface area contributed by atoms with E-state index in [4.69, 9.17) is 51.2 Å². The van der Waals surface area contributed by atoms with Gasteiger partial charge in [-0.25, -0.2) is 14.4 Å². The van der Waals surface area contributed by atoms with Crippen molar-refractivity contribution in [2.24, 2.45) is 0 Å². The lowest BCUT2D eigenvalue weighted by Gasteiger charge is -2.19. The van der Waals surface area contributed by atoms with Gasteiger partial charge in [0.15, 0.2) is 0 Å². The maximum atomic E-state index is 11.6. The number of hydrogen-bond donors (Lipinski definition) is 3. The molecule has 0 aliphatic rings. The molecule has 0 aromatic heterocycles. The van der Waals surface area contributed by atoms with Crippen LogP contribution >= 0.6 is 0 Å². The lowest BCUT2D eigenvalue weighted by Crippen LogP contribution is -2.34. The smallest absolute Gasteiger partial charge is 0.475 e. The van der Waals surface area contributed by atoms with Gasteiger partial charge >= 0.3 is 24.3 Å². The first-order valence-electron chi connectivity index (χ1n) is 19.1. The van der Waals surface area contributed by atoms with Crippen LogP contribution in [0.1, 0.15) is 119 Å². The topological polar surface area (TPSA) is 185 Å². The van der Waals surface area contributed by atoms with Crippen molar-refractivity contribution in [3.8, 4) is 24.7 Å². The van der Waals surface area contributed by atoms with E-state index in [1.54, 1.807) is 0 Å². The molecule has 0 saturated heterocycles. The highest BCUT2D eigenvalue weighted by Gasteiger charge is 2.38. The Morgan fingerprint density at radius 2 is 0.825 bits per heavy atom. The summed E-state index contributed by atoms with van der Waals surface area (Å²) in [5, 5.41) is 12.3. The highest BCUT2D eigenvalue weighted by Crippen LogP contribution is 2.13. The second-order valence-electron chi connectivity index (χ2n) is 14.2. The van der Waals surface area contributed by atoms with Crippen LogP contribution in [0.4, 0.5) is 22.8 Å². The average Bonchev–Trinajstić information content (AvgIpc) is 3.09. The molecule has 0 rings (SSSR count). The van der Waals surface area contributed by atoms with E-state index in [0.717, 1.165) is 51.4 Å². The van der Waals surface area contributed by atoms with E-state index in [1.807, 2.05) is 41.5 Å². The summed E-state index contributed by atoms with van der Waals surface area (Å²) in [4.78, 5) is 54.8. The fourth-order valence-electron chi connectivity index (χ4n) is 3.81. The molecule has 0 bridgehead atoms. The van der Waals surface area contributed by atoms with Crippen molar-refractivity contribution in [2.75, 3.05) is 65.9 Å². The number of carbonyl (C=O) groups excluding carboxylic acids is 4. The van der Waals surface area contributed by atoms with Gasteiger partial charge in [0.25, 0.3) is 0 Å². The lowest BCUT2D eigenvalue weighted by atomic mass is 10.1. The number of alkyl halides is 3. The standard InChI is InChI=1S/2C19H33NO5.C2HF3O2/c2*1-5-6-7-8-10-17(21)11-9-13-23-15-16-24-14-12-20-18(22)25-19(2,3)4;3-2(4,5)1(6)7/h2*1H,6-16H2,2-4H3,(H,20,22);(H,6,7). The number of rotatable bonds is 28. The number of ether oxygens (including phenoxy) is 6. The molecule has 0 radical (unpaired) electrons. The zero-order valence-corrected chi connectivity index (χ0v) is 34.8. The Bertz CT molecular complexity index is 1090. The third kappa shape index (κ3) is 52.1. The number of terminal acetylenes is 2. The molecule has 0 saturated carbocycles. The van der Waals surface area contributed by atoms with Gasteiger partial charge in [-0.15, -0.1) is 24.7 Å². The number of halogens is 3. The second-order valence-corrected chi connectivity index (χ2v) is 14.2. The van der Waals surface area contributed by atoms with Crippen LogP contribution in [-0.4, -0.2) is 118 Å². The minimum absolute atomic E-state index is 0.269. The molecule has 0 unspecified atom stereocenters. The molecule has 0 aliphatic heterocycles. The first-order valence-corrected chi connectivity index (χ1v) is 19.1. The first-order chi connectivity index (χ1) is 26.6. The predicted octanol–water partition coefficient (Wildman–Crippen LogP) is 6.81. The van der Waals surface area contributed by atoms with Gasteiger partial charge in [-0.2, -0.15) is 13.2 Å². The molecule has 57 heavy (non-hydrogen) atoms. The predicted molar refractivity (Wildman–Crippen MR) is 209 cm³/mol. The normalized spacial score (nSPS) is 11.0. The van der Waals surface area contributed by atoms with Crippen LogP contribution in [0.2, 0.25) is 0 Å². The number of ketones is 2. The largest absolute Gasteiger partial charge is 0.490 e. The Morgan fingerprint density at radius 3 is 1.11 bits per heavy atom. The van der Waals surface area contributed by atoms with Crippen LogP contribution in [0.5, 0.6) is 0 Å². The quantitative estimate of drug-likeness (QED) is 0.0554. The number of hydrogen-bond acceptors (Lipinski definition) is 11. The summed E-state index contributed by atoms with van der Waals surface area (Å²) in [6.07, 6.45) is 13.2. The highest BCUT2D eigenvalue weighted by molar-refractivity contribution is 5.78. The zero-order valence-electron chi connectivity index (χ0n) is 34.8. The van der Waals surface area contributed by atoms with E-state index in [0.29, 0.717) is 91.6 Å². The molecule has 0 spiro atoms. The third-order valence-electron chi connectivity index (χ3n) is 6.36. The van der Waals surface area contributed by atoms with Crippen LogP contribution in [0.25, 0.3) is 0 Å². The number of carboxylic acids is 1. The third-order valence-corrected chi connectivity index (χ3v) is 6.36. The van der Waals surface area contributed by atoms with Crippen molar-refractivity contribution in [3.63, 3.8) is 0 Å². The van der Waals surface area contributed by atoms with E-state index in [-0.39, 0.29) is 11.6 Å². The summed E-state index contributed by atoms with van der Waals surface area (Å²) in [6.45, 7) is 15.4. The Hall–Kier alpha value is -3.90. The van der Waals surface area contributed by atoms with Gasteiger partial charge in [0.2, 0.25) is 0 Å². The maximum Gasteiger partial charge on any atom is 0.490 e. The van der Waals surface area contributed by atoms with Gasteiger partial charge in [-0.05, 0) is 80.1 Å². The Kier molecular flexibility index (Phi) is 36.7. The van der Waals surface area contributed by atoms with E-state index < -0.39 is 35.5 Å². The van der Waals surface area contributed by atoms with Gasteiger partial charge in [-0.1, -0.05) is 0 Å². The summed E-state index contributed by atoms with van der Waals surface area (Å²) in [5.41, 5.74) is -0.996. The zero-order chi connectivity index (χ0) is 44.0. The summed E-state index contributed by atoms with van der Waals surface area (Å²) in [6, 6.07) is 0. The molecule has 0 aromatic carbocycles. The summed E-state index contributed by atoms with van der Waals surface area (Å²) in [5.74, 6) is 2.92. The van der Waals surface area contributed by atoms with E-state index in [1.165, 1.54) is 0 Å². The first kappa shape index (κ1) is 57.4. The van der Waals surface area contributed by atoms with Gasteiger partial charge < -0.3 is 44.2 Å². The Labute approximate surface area is 337 Å². The second kappa shape index (κ2) is 36.4. The summed E-state index contributed by atoms with van der Waals surface area (Å²) >= 11 is 0. The fraction of sp³-hybridized carbons (Fsp3) is 0.775. The van der Waals surface area contributed by atoms with Gasteiger partial charge in [-0.3, -0.25) is 9.59 Å². The molecule has 2 amide bonds. The molecule has 14 nitrogen and oxygen atoms in total.